The van der Waals surface area contributed by atoms with Crippen molar-refractivity contribution >= 4 is 37.4 Å². The lowest BCUT2D eigenvalue weighted by Gasteiger charge is -2.02. The Morgan fingerprint density at radius 1 is 1.29 bits per heavy atom. The Balaban J connectivity index is 2.72. The van der Waals surface area contributed by atoms with Gasteiger partial charge in [-0.3, -0.25) is 0 Å². The summed E-state index contributed by atoms with van der Waals surface area (Å²) in [7, 11) is 0. The van der Waals surface area contributed by atoms with E-state index < -0.39 is 0 Å². The second kappa shape index (κ2) is 4.03. The maximum Gasteiger partial charge on any atom is 0.0377 e. The Bertz CT molecular complexity index is 457. The van der Waals surface area contributed by atoms with Gasteiger partial charge in [-0.05, 0) is 42.0 Å². The highest BCUT2D eigenvalue weighted by Crippen LogP contribution is 2.30. The fraction of sp³-hybridized carbons (Fsp3) is 0.333. The molecule has 0 bridgehead atoms. The number of hydrogen-bond acceptors (Lipinski definition) is 1. The van der Waals surface area contributed by atoms with Crippen molar-refractivity contribution in [3.05, 3.63) is 34.2 Å². The second-order valence-electron chi connectivity index (χ2n) is 3.52. The highest BCUT2D eigenvalue weighted by molar-refractivity contribution is 9.08. The molecule has 0 spiro atoms. The van der Waals surface area contributed by atoms with Gasteiger partial charge in [-0.25, -0.2) is 0 Å². The zero-order valence-corrected chi connectivity index (χ0v) is 10.8. The molecule has 1 heterocycles. The van der Waals surface area contributed by atoms with Crippen LogP contribution >= 0.6 is 27.3 Å². The molecule has 2 rings (SSSR count). The van der Waals surface area contributed by atoms with Gasteiger partial charge in [0.25, 0.3) is 0 Å². The van der Waals surface area contributed by atoms with Crippen molar-refractivity contribution in [3.63, 3.8) is 0 Å². The summed E-state index contributed by atoms with van der Waals surface area (Å²) in [6.07, 6.45) is 1.12. The third-order valence-corrected chi connectivity index (χ3v) is 4.20. The number of fused-ring (bicyclic) bond motifs is 1. The standard InChI is InChI=1S/C12H13BrS/c1-3-10-5-9(7-13)6-11-4-8(2)14-12(10)11/h4-6H,3,7H2,1-2H3. The quantitative estimate of drug-likeness (QED) is 0.695. The van der Waals surface area contributed by atoms with Crippen molar-refractivity contribution in [1.82, 2.24) is 0 Å². The van der Waals surface area contributed by atoms with E-state index in [0.29, 0.717) is 0 Å². The van der Waals surface area contributed by atoms with Gasteiger partial charge in [-0.15, -0.1) is 11.3 Å². The molecule has 2 heteroatoms. The van der Waals surface area contributed by atoms with Crippen LogP contribution in [0.25, 0.3) is 10.1 Å². The number of aryl methyl sites for hydroxylation is 2. The van der Waals surface area contributed by atoms with Gasteiger partial charge in [0.2, 0.25) is 0 Å². The Morgan fingerprint density at radius 2 is 2.07 bits per heavy atom. The van der Waals surface area contributed by atoms with Crippen molar-refractivity contribution < 1.29 is 0 Å². The van der Waals surface area contributed by atoms with Crippen LogP contribution in [0.5, 0.6) is 0 Å². The molecular weight excluding hydrogens is 256 g/mol. The molecule has 1 aromatic carbocycles. The Labute approximate surface area is 97.1 Å². The van der Waals surface area contributed by atoms with Gasteiger partial charge in [0, 0.05) is 14.9 Å². The van der Waals surface area contributed by atoms with E-state index in [1.807, 2.05) is 11.3 Å². The molecule has 0 nitrogen and oxygen atoms in total. The molecule has 0 aliphatic heterocycles. The third kappa shape index (κ3) is 1.73. The first-order chi connectivity index (χ1) is 6.74. The highest BCUT2D eigenvalue weighted by atomic mass is 79.9. The topological polar surface area (TPSA) is 0 Å². The lowest BCUT2D eigenvalue weighted by Crippen LogP contribution is -1.84. The van der Waals surface area contributed by atoms with Crippen LogP contribution in [0.15, 0.2) is 18.2 Å². The van der Waals surface area contributed by atoms with Gasteiger partial charge in [-0.2, -0.15) is 0 Å². The van der Waals surface area contributed by atoms with E-state index in [1.54, 1.807) is 0 Å². The molecule has 0 N–H and O–H groups in total. The summed E-state index contributed by atoms with van der Waals surface area (Å²) < 4.78 is 1.47. The summed E-state index contributed by atoms with van der Waals surface area (Å²) in [5.74, 6) is 0. The van der Waals surface area contributed by atoms with Crippen LogP contribution in [-0.2, 0) is 11.8 Å². The van der Waals surface area contributed by atoms with Gasteiger partial charge in [-0.1, -0.05) is 28.9 Å². The molecule has 0 aliphatic carbocycles. The minimum absolute atomic E-state index is 0.949. The average Bonchev–Trinajstić information content (AvgIpc) is 2.56. The maximum absolute atomic E-state index is 3.52. The van der Waals surface area contributed by atoms with Crippen molar-refractivity contribution in [2.45, 2.75) is 25.6 Å². The lowest BCUT2D eigenvalue weighted by molar-refractivity contribution is 1.16. The number of thiophene rings is 1. The maximum atomic E-state index is 3.52. The van der Waals surface area contributed by atoms with Crippen LogP contribution < -0.4 is 0 Å². The number of benzene rings is 1. The van der Waals surface area contributed by atoms with E-state index in [4.69, 9.17) is 0 Å². The van der Waals surface area contributed by atoms with E-state index >= 15 is 0 Å². The van der Waals surface area contributed by atoms with Crippen LogP contribution in [0.1, 0.15) is 22.9 Å². The fourth-order valence-electron chi connectivity index (χ4n) is 1.76. The molecule has 2 aromatic rings. The lowest BCUT2D eigenvalue weighted by atomic mass is 10.1. The van der Waals surface area contributed by atoms with Crippen molar-refractivity contribution in [3.8, 4) is 0 Å². The minimum Gasteiger partial charge on any atom is -0.140 e. The monoisotopic (exact) mass is 268 g/mol. The largest absolute Gasteiger partial charge is 0.140 e. The minimum atomic E-state index is 0.949. The predicted molar refractivity (Wildman–Crippen MR) is 68.6 cm³/mol. The number of rotatable bonds is 2. The summed E-state index contributed by atoms with van der Waals surface area (Å²) >= 11 is 5.42. The zero-order chi connectivity index (χ0) is 10.1. The van der Waals surface area contributed by atoms with Gasteiger partial charge in [0.1, 0.15) is 0 Å². The number of hydrogen-bond donors (Lipinski definition) is 0. The van der Waals surface area contributed by atoms with E-state index in [1.165, 1.54) is 26.1 Å². The van der Waals surface area contributed by atoms with Gasteiger partial charge in [0.05, 0.1) is 0 Å². The molecule has 0 saturated carbocycles. The first-order valence-electron chi connectivity index (χ1n) is 4.82. The SMILES string of the molecule is CCc1cc(CBr)cc2cc(C)sc12. The highest BCUT2D eigenvalue weighted by Gasteiger charge is 2.05. The molecule has 0 aliphatic rings. The summed E-state index contributed by atoms with van der Waals surface area (Å²) in [6, 6.07) is 6.88. The molecule has 0 atom stereocenters. The van der Waals surface area contributed by atoms with Gasteiger partial charge >= 0.3 is 0 Å². The molecule has 0 fully saturated rings. The van der Waals surface area contributed by atoms with Crippen LogP contribution in [0.2, 0.25) is 0 Å². The molecule has 0 amide bonds. The van der Waals surface area contributed by atoms with Crippen LogP contribution in [0.3, 0.4) is 0 Å². The summed E-state index contributed by atoms with van der Waals surface area (Å²) in [4.78, 5) is 1.40. The van der Waals surface area contributed by atoms with E-state index in [0.717, 1.165) is 11.8 Å². The smallest absolute Gasteiger partial charge is 0.0377 e. The molecular formula is C12H13BrS. The summed E-state index contributed by atoms with van der Waals surface area (Å²) in [5.41, 5.74) is 2.86. The third-order valence-electron chi connectivity index (χ3n) is 2.41. The normalized spacial score (nSPS) is 11.1. The molecule has 1 aromatic heterocycles. The average molecular weight is 269 g/mol. The zero-order valence-electron chi connectivity index (χ0n) is 8.43. The summed E-state index contributed by atoms with van der Waals surface area (Å²) in [6.45, 7) is 4.40. The molecule has 0 radical (unpaired) electrons. The van der Waals surface area contributed by atoms with Crippen LogP contribution in [-0.4, -0.2) is 0 Å². The Morgan fingerprint density at radius 3 is 2.71 bits per heavy atom. The number of halogens is 1. The van der Waals surface area contributed by atoms with Crippen molar-refractivity contribution in [1.29, 1.82) is 0 Å². The van der Waals surface area contributed by atoms with E-state index in [-0.39, 0.29) is 0 Å². The first-order valence-corrected chi connectivity index (χ1v) is 6.76. The Hall–Kier alpha value is -0.340. The predicted octanol–water partition coefficient (Wildman–Crippen LogP) is 4.67. The molecule has 0 unspecified atom stereocenters. The van der Waals surface area contributed by atoms with Crippen LogP contribution in [0, 0.1) is 6.92 Å². The summed E-state index contributed by atoms with van der Waals surface area (Å²) in [5, 5.41) is 2.35. The molecule has 74 valence electrons. The van der Waals surface area contributed by atoms with Crippen molar-refractivity contribution in [2.75, 3.05) is 0 Å². The van der Waals surface area contributed by atoms with E-state index in [2.05, 4.69) is 48.0 Å². The second-order valence-corrected chi connectivity index (χ2v) is 5.33. The molecule has 14 heavy (non-hydrogen) atoms. The first kappa shape index (κ1) is 10.2. The van der Waals surface area contributed by atoms with Gasteiger partial charge < -0.3 is 0 Å². The molecule has 0 saturated heterocycles. The number of alkyl halides is 1. The van der Waals surface area contributed by atoms with E-state index in [9.17, 15) is 0 Å². The van der Waals surface area contributed by atoms with Crippen molar-refractivity contribution in [2.24, 2.45) is 0 Å². The van der Waals surface area contributed by atoms with Gasteiger partial charge in [0.15, 0.2) is 0 Å². The van der Waals surface area contributed by atoms with Crippen LogP contribution in [0.4, 0.5) is 0 Å². The fourth-order valence-corrected chi connectivity index (χ4v) is 3.16. The Kier molecular flexibility index (Phi) is 2.93.